The van der Waals surface area contributed by atoms with Crippen molar-refractivity contribution in [1.29, 1.82) is 0 Å². The zero-order valence-corrected chi connectivity index (χ0v) is 14.6. The Morgan fingerprint density at radius 3 is 3.00 bits per heavy atom. The molecule has 1 amide bonds. The summed E-state index contributed by atoms with van der Waals surface area (Å²) < 4.78 is 10.4. The normalized spacial score (nSPS) is 21.8. The van der Waals surface area contributed by atoms with Crippen molar-refractivity contribution in [3.63, 3.8) is 0 Å². The maximum Gasteiger partial charge on any atom is 0.336 e. The number of carbonyl (C=O) groups is 2. The van der Waals surface area contributed by atoms with Crippen molar-refractivity contribution in [2.45, 2.75) is 45.1 Å². The lowest BCUT2D eigenvalue weighted by atomic mass is 9.89. The lowest BCUT2D eigenvalue weighted by Gasteiger charge is -2.27. The Hall–Kier alpha value is -2.16. The molecule has 2 fully saturated rings. The van der Waals surface area contributed by atoms with Crippen LogP contribution in [0.2, 0.25) is 0 Å². The third-order valence-electron chi connectivity index (χ3n) is 4.71. The summed E-state index contributed by atoms with van der Waals surface area (Å²) in [5.74, 6) is -0.00118. The van der Waals surface area contributed by atoms with Gasteiger partial charge in [-0.15, -0.1) is 5.01 Å². The molecular formula is C16H26N5O4+. The number of aromatic nitrogens is 2. The van der Waals surface area contributed by atoms with Crippen LogP contribution in [0.15, 0.2) is 10.7 Å². The molecule has 2 aliphatic rings. The van der Waals surface area contributed by atoms with Crippen LogP contribution in [0.25, 0.3) is 0 Å². The summed E-state index contributed by atoms with van der Waals surface area (Å²) >= 11 is 0. The van der Waals surface area contributed by atoms with Crippen LogP contribution in [0.5, 0.6) is 0 Å². The van der Waals surface area contributed by atoms with Crippen molar-refractivity contribution in [1.82, 2.24) is 10.6 Å². The number of piperazine rings is 1. The zero-order valence-electron chi connectivity index (χ0n) is 14.6. The Morgan fingerprint density at radius 2 is 2.24 bits per heavy atom. The number of nitrogens with one attached hydrogen (secondary N) is 2. The molecule has 1 saturated heterocycles. The topological polar surface area (TPSA) is 101 Å². The molecule has 0 radical (unpaired) electrons. The molecule has 1 atom stereocenters. The number of ether oxygens (including phenoxy) is 1. The van der Waals surface area contributed by atoms with E-state index in [9.17, 15) is 9.59 Å². The van der Waals surface area contributed by atoms with E-state index in [2.05, 4.69) is 15.9 Å². The molecule has 1 saturated carbocycles. The van der Waals surface area contributed by atoms with Crippen LogP contribution in [0.3, 0.4) is 0 Å². The molecule has 1 aliphatic heterocycles. The number of rotatable bonds is 5. The van der Waals surface area contributed by atoms with E-state index in [0.29, 0.717) is 19.7 Å². The third kappa shape index (κ3) is 4.28. The van der Waals surface area contributed by atoms with Gasteiger partial charge in [0.2, 0.25) is 11.2 Å². The molecule has 1 aliphatic carbocycles. The Kier molecular flexibility index (Phi) is 5.85. The van der Waals surface area contributed by atoms with Gasteiger partial charge in [-0.3, -0.25) is 14.6 Å². The van der Waals surface area contributed by atoms with Crippen LogP contribution in [-0.4, -0.2) is 49.4 Å². The third-order valence-corrected chi connectivity index (χ3v) is 4.71. The van der Waals surface area contributed by atoms with E-state index in [0.717, 1.165) is 32.2 Å². The number of anilines is 1. The van der Waals surface area contributed by atoms with Crippen molar-refractivity contribution in [3.05, 3.63) is 6.20 Å². The van der Waals surface area contributed by atoms with Crippen molar-refractivity contribution in [3.8, 4) is 0 Å². The minimum Gasteiger partial charge on any atom is -0.464 e. The van der Waals surface area contributed by atoms with E-state index in [4.69, 9.17) is 9.26 Å². The van der Waals surface area contributed by atoms with Crippen LogP contribution < -0.4 is 20.4 Å². The number of esters is 1. The molecule has 2 N–H and O–H groups in total. The van der Waals surface area contributed by atoms with Gasteiger partial charge < -0.3 is 10.1 Å². The van der Waals surface area contributed by atoms with Crippen molar-refractivity contribution in [2.75, 3.05) is 36.6 Å². The Balaban J connectivity index is 1.64. The summed E-state index contributed by atoms with van der Waals surface area (Å²) in [6.07, 6.45) is 6.82. The predicted molar refractivity (Wildman–Crippen MR) is 88.3 cm³/mol. The van der Waals surface area contributed by atoms with E-state index < -0.39 is 6.04 Å². The molecule has 138 valence electrons. The summed E-state index contributed by atoms with van der Waals surface area (Å²) in [6.45, 7) is 3.88. The molecule has 0 bridgehead atoms. The summed E-state index contributed by atoms with van der Waals surface area (Å²) in [6, 6.07) is -0.481. The quantitative estimate of drug-likeness (QED) is 0.566. The highest BCUT2D eigenvalue weighted by atomic mass is 16.5. The van der Waals surface area contributed by atoms with Crippen LogP contribution in [-0.2, 0) is 14.3 Å². The molecule has 0 aromatic carbocycles. The maximum atomic E-state index is 12.3. The number of carbonyl (C=O) groups excluding carboxylic acids is 2. The summed E-state index contributed by atoms with van der Waals surface area (Å²) in [5, 5.41) is 11.7. The van der Waals surface area contributed by atoms with E-state index in [-0.39, 0.29) is 23.7 Å². The molecule has 1 aromatic rings. The number of nitrogens with zero attached hydrogens (tertiary/aromatic N) is 3. The standard InChI is InChI=1S/C16H25N5O4/c1-2-24-16(23)13-10-17-8-9-20(13)21-11-14(25-19-21)18-15(22)12-6-4-3-5-7-12/h11-13,17H,2-10H2,1H3/p+1. The van der Waals surface area contributed by atoms with Gasteiger partial charge in [0.15, 0.2) is 6.04 Å². The molecule has 9 heteroatoms. The number of hydrogen-bond acceptors (Lipinski definition) is 7. The molecule has 3 rings (SSSR count). The first kappa shape index (κ1) is 17.7. The number of hydrogen-bond donors (Lipinski definition) is 2. The first-order chi connectivity index (χ1) is 12.2. The highest BCUT2D eigenvalue weighted by Crippen LogP contribution is 2.24. The fourth-order valence-corrected chi connectivity index (χ4v) is 3.38. The smallest absolute Gasteiger partial charge is 0.336 e. The van der Waals surface area contributed by atoms with Gasteiger partial charge in [-0.25, -0.2) is 4.79 Å². The van der Waals surface area contributed by atoms with Gasteiger partial charge in [0, 0.05) is 19.0 Å². The lowest BCUT2D eigenvalue weighted by molar-refractivity contribution is -0.761. The molecule has 9 nitrogen and oxygen atoms in total. The Labute approximate surface area is 146 Å². The van der Waals surface area contributed by atoms with Crippen molar-refractivity contribution >= 4 is 17.8 Å². The average Bonchev–Trinajstić information content (AvgIpc) is 3.11. The van der Waals surface area contributed by atoms with Crippen molar-refractivity contribution < 1.29 is 23.6 Å². The monoisotopic (exact) mass is 352 g/mol. The molecular weight excluding hydrogens is 326 g/mol. The van der Waals surface area contributed by atoms with Gasteiger partial charge in [-0.2, -0.15) is 0 Å². The van der Waals surface area contributed by atoms with Gasteiger partial charge in [-0.1, -0.05) is 19.3 Å². The second-order valence-electron chi connectivity index (χ2n) is 6.45. The van der Waals surface area contributed by atoms with Crippen LogP contribution in [0.4, 0.5) is 5.88 Å². The van der Waals surface area contributed by atoms with E-state index in [1.54, 1.807) is 18.1 Å². The van der Waals surface area contributed by atoms with Crippen molar-refractivity contribution in [2.24, 2.45) is 5.92 Å². The first-order valence-corrected chi connectivity index (χ1v) is 9.03. The SMILES string of the molecule is CCOC(=O)C1CNCCN1[n+]1cc(NC(=O)C2CCCCC2)on1. The predicted octanol–water partition coefficient (Wildman–Crippen LogP) is -0.0462. The van der Waals surface area contributed by atoms with Gasteiger partial charge in [0.25, 0.3) is 6.20 Å². The van der Waals surface area contributed by atoms with Gasteiger partial charge >= 0.3 is 11.9 Å². The second kappa shape index (κ2) is 8.28. The van der Waals surface area contributed by atoms with Crippen LogP contribution in [0, 0.1) is 5.92 Å². The molecule has 0 spiro atoms. The zero-order chi connectivity index (χ0) is 17.6. The van der Waals surface area contributed by atoms with E-state index in [1.165, 1.54) is 11.2 Å². The lowest BCUT2D eigenvalue weighted by Crippen LogP contribution is -2.71. The fraction of sp³-hybridized carbons (Fsp3) is 0.750. The van der Waals surface area contributed by atoms with Crippen LogP contribution in [0.1, 0.15) is 39.0 Å². The molecule has 1 unspecified atom stereocenters. The highest BCUT2D eigenvalue weighted by Gasteiger charge is 2.38. The Morgan fingerprint density at radius 1 is 1.44 bits per heavy atom. The summed E-state index contributed by atoms with van der Waals surface area (Å²) in [5.41, 5.74) is 0. The maximum absolute atomic E-state index is 12.3. The molecule has 2 heterocycles. The average molecular weight is 352 g/mol. The first-order valence-electron chi connectivity index (χ1n) is 9.03. The Bertz CT molecular complexity index is 599. The minimum atomic E-state index is -0.481. The van der Waals surface area contributed by atoms with Gasteiger partial charge in [0.05, 0.1) is 17.9 Å². The van der Waals surface area contributed by atoms with Gasteiger partial charge in [0.1, 0.15) is 0 Å². The summed E-state index contributed by atoms with van der Waals surface area (Å²) in [7, 11) is 0. The fourth-order valence-electron chi connectivity index (χ4n) is 3.38. The summed E-state index contributed by atoms with van der Waals surface area (Å²) in [4.78, 5) is 25.9. The van der Waals surface area contributed by atoms with E-state index in [1.807, 2.05) is 0 Å². The van der Waals surface area contributed by atoms with Gasteiger partial charge in [-0.05, 0) is 19.8 Å². The largest absolute Gasteiger partial charge is 0.464 e. The molecule has 1 aromatic heterocycles. The highest BCUT2D eigenvalue weighted by molar-refractivity contribution is 5.91. The number of amides is 1. The second-order valence-corrected chi connectivity index (χ2v) is 6.45. The minimum absolute atomic E-state index is 0.0229. The molecule has 25 heavy (non-hydrogen) atoms. The van der Waals surface area contributed by atoms with Crippen LogP contribution >= 0.6 is 0 Å². The van der Waals surface area contributed by atoms with E-state index >= 15 is 0 Å².